The van der Waals surface area contributed by atoms with Gasteiger partial charge < -0.3 is 5.11 Å². The van der Waals surface area contributed by atoms with Crippen molar-refractivity contribution in [1.82, 2.24) is 14.8 Å². The first-order chi connectivity index (χ1) is 12.7. The molecule has 3 aromatic heterocycles. The molecule has 0 aliphatic rings. The maximum atomic E-state index is 11.2. The summed E-state index contributed by atoms with van der Waals surface area (Å²) in [5, 5.41) is 20.3. The second-order valence-corrected chi connectivity index (χ2v) is 7.49. The van der Waals surface area contributed by atoms with Gasteiger partial charge in [0.15, 0.2) is 5.69 Å². The highest BCUT2D eigenvalue weighted by atomic mass is 32.1. The van der Waals surface area contributed by atoms with E-state index in [1.807, 2.05) is 36.4 Å². The first-order valence-electron chi connectivity index (χ1n) is 7.86. The number of fused-ring (bicyclic) bond motifs is 2. The van der Waals surface area contributed by atoms with Crippen LogP contribution in [0.15, 0.2) is 59.3 Å². The van der Waals surface area contributed by atoms with Gasteiger partial charge >= 0.3 is 5.97 Å². The summed E-state index contributed by atoms with van der Waals surface area (Å²) in [7, 11) is 0. The molecule has 1 N–H and O–H groups in total. The maximum Gasteiger partial charge on any atom is 0.355 e. The van der Waals surface area contributed by atoms with E-state index in [4.69, 9.17) is 10.2 Å². The second kappa shape index (κ2) is 5.76. The summed E-state index contributed by atoms with van der Waals surface area (Å²) >= 11 is 2.96. The number of para-hydroxylation sites is 1. The Morgan fingerprint density at radius 2 is 1.73 bits per heavy atom. The molecular weight excluding hydrogens is 366 g/mol. The quantitative estimate of drug-likeness (QED) is 0.477. The molecule has 2 aromatic carbocycles. The number of carbonyl (C=O) groups is 1. The van der Waals surface area contributed by atoms with Crippen LogP contribution in [0.4, 0.5) is 0 Å². The molecule has 0 spiro atoms. The number of aromatic carboxylic acids is 1. The zero-order valence-electron chi connectivity index (χ0n) is 13.3. The number of hydrogen-bond donors (Lipinski definition) is 1. The summed E-state index contributed by atoms with van der Waals surface area (Å²) in [6.45, 7) is 0. The molecule has 0 aliphatic heterocycles. The summed E-state index contributed by atoms with van der Waals surface area (Å²) in [5.74, 6) is -1.03. The van der Waals surface area contributed by atoms with E-state index in [0.717, 1.165) is 22.2 Å². The van der Waals surface area contributed by atoms with Crippen LogP contribution < -0.4 is 0 Å². The largest absolute Gasteiger partial charge is 0.476 e. The summed E-state index contributed by atoms with van der Waals surface area (Å²) in [6, 6.07) is 16.2. The second-order valence-electron chi connectivity index (χ2n) is 5.74. The third-order valence-electron chi connectivity index (χ3n) is 4.22. The number of nitrogens with zero attached hydrogens (tertiary/aromatic N) is 3. The van der Waals surface area contributed by atoms with E-state index >= 15 is 0 Å². The summed E-state index contributed by atoms with van der Waals surface area (Å²) in [6.07, 6.45) is 0. The van der Waals surface area contributed by atoms with Crippen LogP contribution in [-0.2, 0) is 0 Å². The average molecular weight is 377 g/mol. The topological polar surface area (TPSA) is 68.0 Å². The van der Waals surface area contributed by atoms with E-state index < -0.39 is 5.97 Å². The molecule has 0 radical (unpaired) electrons. The Balaban J connectivity index is 1.78. The highest BCUT2D eigenvalue weighted by Crippen LogP contribution is 2.37. The molecular formula is C19H11N3O2S2. The smallest absolute Gasteiger partial charge is 0.355 e. The lowest BCUT2D eigenvalue weighted by molar-refractivity contribution is 0.0691. The standard InChI is InChI=1S/C19H11N3O2S2/c23-18(24)14-10-26-19(20-14)22-15-7-3-1-6-12(15)17(21-22)13-9-25-16-8-4-2-5-11(13)16/h1-10H,(H,23,24). The first-order valence-corrected chi connectivity index (χ1v) is 9.62. The van der Waals surface area contributed by atoms with Crippen molar-refractivity contribution in [2.24, 2.45) is 0 Å². The van der Waals surface area contributed by atoms with Crippen LogP contribution in [0.25, 0.3) is 37.4 Å². The minimum atomic E-state index is -1.03. The predicted molar refractivity (Wildman–Crippen MR) is 105 cm³/mol. The number of carboxylic acids is 1. The van der Waals surface area contributed by atoms with E-state index in [2.05, 4.69) is 22.5 Å². The number of aromatic nitrogens is 3. The Bertz CT molecular complexity index is 1280. The van der Waals surface area contributed by atoms with Crippen LogP contribution in [0.3, 0.4) is 0 Å². The van der Waals surface area contributed by atoms with Gasteiger partial charge in [-0.15, -0.1) is 22.7 Å². The zero-order chi connectivity index (χ0) is 17.7. The Labute approximate surface area is 155 Å². The minimum Gasteiger partial charge on any atom is -0.476 e. The summed E-state index contributed by atoms with van der Waals surface area (Å²) in [4.78, 5) is 15.4. The number of rotatable bonds is 3. The lowest BCUT2D eigenvalue weighted by atomic mass is 10.1. The molecule has 0 fully saturated rings. The van der Waals surface area contributed by atoms with E-state index in [-0.39, 0.29) is 5.69 Å². The van der Waals surface area contributed by atoms with E-state index in [0.29, 0.717) is 5.13 Å². The number of carboxylic acid groups (broad SMARTS) is 1. The SMILES string of the molecule is O=C(O)c1csc(-n2nc(-c3csc4ccccc34)c3ccccc32)n1. The van der Waals surface area contributed by atoms with Crippen LogP contribution >= 0.6 is 22.7 Å². The Morgan fingerprint density at radius 3 is 2.54 bits per heavy atom. The van der Waals surface area contributed by atoms with Gasteiger partial charge in [0.2, 0.25) is 5.13 Å². The van der Waals surface area contributed by atoms with Crippen LogP contribution in [-0.4, -0.2) is 25.8 Å². The first kappa shape index (κ1) is 15.2. The van der Waals surface area contributed by atoms with Crippen molar-refractivity contribution in [1.29, 1.82) is 0 Å². The van der Waals surface area contributed by atoms with Gasteiger partial charge in [0.1, 0.15) is 5.69 Å². The van der Waals surface area contributed by atoms with Gasteiger partial charge in [-0.3, -0.25) is 0 Å². The van der Waals surface area contributed by atoms with Crippen molar-refractivity contribution in [2.45, 2.75) is 0 Å². The van der Waals surface area contributed by atoms with E-state index in [1.165, 1.54) is 26.8 Å². The molecule has 0 saturated heterocycles. The Morgan fingerprint density at radius 1 is 0.962 bits per heavy atom. The molecule has 5 rings (SSSR count). The van der Waals surface area contributed by atoms with Crippen molar-refractivity contribution in [2.75, 3.05) is 0 Å². The molecule has 5 nitrogen and oxygen atoms in total. The van der Waals surface area contributed by atoms with Gasteiger partial charge in [-0.25, -0.2) is 14.5 Å². The third-order valence-corrected chi connectivity index (χ3v) is 6.00. The summed E-state index contributed by atoms with van der Waals surface area (Å²) < 4.78 is 2.94. The van der Waals surface area contributed by atoms with Gasteiger partial charge in [-0.05, 0) is 12.1 Å². The highest BCUT2D eigenvalue weighted by molar-refractivity contribution is 7.17. The number of thiophene rings is 1. The molecule has 0 atom stereocenters. The average Bonchev–Trinajstić information content (AvgIpc) is 3.37. The molecule has 0 bridgehead atoms. The van der Waals surface area contributed by atoms with E-state index in [9.17, 15) is 4.79 Å². The van der Waals surface area contributed by atoms with Gasteiger partial charge in [-0.1, -0.05) is 36.4 Å². The fraction of sp³-hybridized carbons (Fsp3) is 0. The van der Waals surface area contributed by atoms with Crippen LogP contribution in [0.1, 0.15) is 10.5 Å². The van der Waals surface area contributed by atoms with Crippen molar-refractivity contribution >= 4 is 49.6 Å². The minimum absolute atomic E-state index is 0.0344. The number of benzene rings is 2. The van der Waals surface area contributed by atoms with Crippen LogP contribution in [0, 0.1) is 0 Å². The predicted octanol–water partition coefficient (Wildman–Crippen LogP) is 5.06. The lowest BCUT2D eigenvalue weighted by Crippen LogP contribution is -2.00. The van der Waals surface area contributed by atoms with Crippen molar-refractivity contribution in [3.63, 3.8) is 0 Å². The molecule has 0 unspecified atom stereocenters. The van der Waals surface area contributed by atoms with Crippen LogP contribution in [0.2, 0.25) is 0 Å². The molecule has 26 heavy (non-hydrogen) atoms. The Hall–Kier alpha value is -3.03. The van der Waals surface area contributed by atoms with E-state index in [1.54, 1.807) is 16.0 Å². The lowest BCUT2D eigenvalue weighted by Gasteiger charge is -1.96. The fourth-order valence-electron chi connectivity index (χ4n) is 3.03. The molecule has 3 heterocycles. The van der Waals surface area contributed by atoms with Crippen molar-refractivity contribution in [3.05, 3.63) is 65.0 Å². The van der Waals surface area contributed by atoms with Gasteiger partial charge in [-0.2, -0.15) is 5.10 Å². The zero-order valence-corrected chi connectivity index (χ0v) is 14.9. The molecule has 0 aliphatic carbocycles. The molecule has 7 heteroatoms. The number of thiazole rings is 1. The third kappa shape index (κ3) is 2.25. The molecule has 0 amide bonds. The van der Waals surface area contributed by atoms with Gasteiger partial charge in [0.25, 0.3) is 0 Å². The van der Waals surface area contributed by atoms with Crippen molar-refractivity contribution in [3.8, 4) is 16.4 Å². The number of hydrogen-bond acceptors (Lipinski definition) is 5. The maximum absolute atomic E-state index is 11.2. The Kier molecular flexibility index (Phi) is 3.37. The van der Waals surface area contributed by atoms with Crippen LogP contribution in [0.5, 0.6) is 0 Å². The monoisotopic (exact) mass is 377 g/mol. The van der Waals surface area contributed by atoms with Gasteiger partial charge in [0, 0.05) is 31.8 Å². The van der Waals surface area contributed by atoms with Crippen molar-refractivity contribution < 1.29 is 9.90 Å². The fourth-order valence-corrected chi connectivity index (χ4v) is 4.74. The summed E-state index contributed by atoms with van der Waals surface area (Å²) in [5.41, 5.74) is 2.90. The van der Waals surface area contributed by atoms with Gasteiger partial charge in [0.05, 0.1) is 5.52 Å². The molecule has 126 valence electrons. The molecule has 5 aromatic rings. The molecule has 0 saturated carbocycles. The highest BCUT2D eigenvalue weighted by Gasteiger charge is 2.18. The normalized spacial score (nSPS) is 11.4.